The first-order valence-corrected chi connectivity index (χ1v) is 8.61. The van der Waals surface area contributed by atoms with E-state index < -0.39 is 22.9 Å². The number of hydrogen-bond acceptors (Lipinski definition) is 4. The van der Waals surface area contributed by atoms with Crippen molar-refractivity contribution >= 4 is 16.9 Å². The second-order valence-corrected chi connectivity index (χ2v) is 6.72. The maximum atomic E-state index is 12.3. The van der Waals surface area contributed by atoms with E-state index in [4.69, 9.17) is 9.94 Å². The molecule has 128 valence electrons. The van der Waals surface area contributed by atoms with E-state index >= 15 is 0 Å². The zero-order chi connectivity index (χ0) is 17.5. The Kier molecular flexibility index (Phi) is 6.48. The van der Waals surface area contributed by atoms with Gasteiger partial charge in [-0.05, 0) is 42.3 Å². The maximum absolute atomic E-state index is 12.3. The Balaban J connectivity index is 2.04. The number of ether oxygens (including phenoxy) is 1. The summed E-state index contributed by atoms with van der Waals surface area (Å²) >= 11 is 0. The summed E-state index contributed by atoms with van der Waals surface area (Å²) in [4.78, 5) is 12.1. The van der Waals surface area contributed by atoms with Crippen LogP contribution in [0.2, 0.25) is 0 Å². The lowest BCUT2D eigenvalue weighted by atomic mass is 10.1. The van der Waals surface area contributed by atoms with E-state index in [1.807, 2.05) is 30.3 Å². The van der Waals surface area contributed by atoms with Crippen molar-refractivity contribution < 1.29 is 18.9 Å². The molecule has 2 atom stereocenters. The maximum Gasteiger partial charge on any atom is 0.261 e. The molecule has 3 N–H and O–H groups in total. The summed E-state index contributed by atoms with van der Waals surface area (Å²) in [6.45, 7) is 3.59. The van der Waals surface area contributed by atoms with Crippen LogP contribution in [0.1, 0.15) is 13.8 Å². The zero-order valence-corrected chi connectivity index (χ0v) is 14.2. The van der Waals surface area contributed by atoms with Gasteiger partial charge in [-0.1, -0.05) is 32.0 Å². The molecule has 0 fully saturated rings. The molecule has 0 spiro atoms. The van der Waals surface area contributed by atoms with Gasteiger partial charge in [0.15, 0.2) is 0 Å². The van der Waals surface area contributed by atoms with E-state index in [1.54, 1.807) is 43.6 Å². The van der Waals surface area contributed by atoms with E-state index in [2.05, 4.69) is 4.72 Å². The van der Waals surface area contributed by atoms with E-state index in [0.717, 1.165) is 0 Å². The number of para-hydroxylation sites is 1. The molecule has 0 aliphatic carbocycles. The van der Waals surface area contributed by atoms with Crippen molar-refractivity contribution in [1.82, 2.24) is 10.2 Å². The van der Waals surface area contributed by atoms with Gasteiger partial charge in [0, 0.05) is 0 Å². The number of carbonyl (C=O) groups excluding carboxylic acids is 1. The van der Waals surface area contributed by atoms with Gasteiger partial charge in [0.1, 0.15) is 28.5 Å². The van der Waals surface area contributed by atoms with Crippen LogP contribution in [0, 0.1) is 5.92 Å². The Morgan fingerprint density at radius 1 is 1.04 bits per heavy atom. The van der Waals surface area contributed by atoms with E-state index in [-0.39, 0.29) is 5.92 Å². The monoisotopic (exact) mass is 348 g/mol. The fourth-order valence-electron chi connectivity index (χ4n) is 2.00. The molecule has 0 radical (unpaired) electrons. The fraction of sp³-hybridized carbons (Fsp3) is 0.235. The third-order valence-electron chi connectivity index (χ3n) is 3.31. The second-order valence-electron chi connectivity index (χ2n) is 5.47. The molecule has 7 heteroatoms. The minimum absolute atomic E-state index is 0.137. The van der Waals surface area contributed by atoms with Crippen molar-refractivity contribution in [2.45, 2.75) is 24.8 Å². The average molecular weight is 348 g/mol. The third-order valence-corrected chi connectivity index (χ3v) is 4.48. The lowest BCUT2D eigenvalue weighted by Crippen LogP contribution is -2.47. The zero-order valence-electron chi connectivity index (χ0n) is 13.4. The fourth-order valence-corrected chi connectivity index (χ4v) is 3.13. The normalized spacial score (nSPS) is 13.3. The van der Waals surface area contributed by atoms with Gasteiger partial charge in [-0.3, -0.25) is 10.0 Å². The van der Waals surface area contributed by atoms with Crippen molar-refractivity contribution in [2.24, 2.45) is 5.92 Å². The van der Waals surface area contributed by atoms with Gasteiger partial charge >= 0.3 is 0 Å². The summed E-state index contributed by atoms with van der Waals surface area (Å²) in [6, 6.07) is 15.3. The lowest BCUT2D eigenvalue weighted by Gasteiger charge is -2.19. The summed E-state index contributed by atoms with van der Waals surface area (Å²) in [7, 11) is -1.59. The Labute approximate surface area is 143 Å². The van der Waals surface area contributed by atoms with Crippen LogP contribution in [0.3, 0.4) is 0 Å². The molecule has 0 bridgehead atoms. The molecule has 2 rings (SSSR count). The van der Waals surface area contributed by atoms with Gasteiger partial charge in [0.2, 0.25) is 0 Å². The van der Waals surface area contributed by atoms with Crippen molar-refractivity contribution in [3.63, 3.8) is 0 Å². The highest BCUT2D eigenvalue weighted by atomic mass is 32.2. The predicted octanol–water partition coefficient (Wildman–Crippen LogP) is 2.62. The lowest BCUT2D eigenvalue weighted by molar-refractivity contribution is -0.131. The third kappa shape index (κ3) is 4.89. The molecule has 1 amide bonds. The van der Waals surface area contributed by atoms with E-state index in [0.29, 0.717) is 16.4 Å². The topological polar surface area (TPSA) is 87.7 Å². The number of amides is 1. The number of hydrogen-bond donors (Lipinski definition) is 3. The largest absolute Gasteiger partial charge is 0.457 e. The van der Waals surface area contributed by atoms with Crippen LogP contribution in [-0.2, 0) is 15.8 Å². The molecule has 2 aromatic rings. The molecular formula is C17H20N2O4S. The second kappa shape index (κ2) is 8.58. The molecule has 0 aliphatic heterocycles. The molecule has 0 saturated carbocycles. The summed E-state index contributed by atoms with van der Waals surface area (Å²) in [6.07, 6.45) is 0. The minimum atomic E-state index is -1.59. The van der Waals surface area contributed by atoms with Crippen molar-refractivity contribution in [2.75, 3.05) is 0 Å². The molecule has 24 heavy (non-hydrogen) atoms. The standard InChI is InChI=1S/C17H20N2O4S/c1-12(2)16(17(20)18-21)19-24(22)15-10-8-14(9-11-15)23-13-6-4-3-5-7-13/h3-12,16,19,21H,1-2H3,(H,18,20). The molecule has 0 saturated heterocycles. The first kappa shape index (κ1) is 18.1. The number of benzene rings is 2. The Hall–Kier alpha value is -2.22. The molecule has 0 aliphatic rings. The minimum Gasteiger partial charge on any atom is -0.457 e. The average Bonchev–Trinajstić information content (AvgIpc) is 2.60. The van der Waals surface area contributed by atoms with Crippen molar-refractivity contribution in [1.29, 1.82) is 0 Å². The molecule has 2 aromatic carbocycles. The van der Waals surface area contributed by atoms with Gasteiger partial charge in [-0.15, -0.1) is 0 Å². The Bertz CT molecular complexity index is 689. The molecule has 2 unspecified atom stereocenters. The Morgan fingerprint density at radius 2 is 1.62 bits per heavy atom. The molecule has 0 heterocycles. The highest BCUT2D eigenvalue weighted by molar-refractivity contribution is 7.83. The van der Waals surface area contributed by atoms with Crippen LogP contribution >= 0.6 is 0 Å². The van der Waals surface area contributed by atoms with Crippen LogP contribution in [0.4, 0.5) is 0 Å². The van der Waals surface area contributed by atoms with Gasteiger partial charge < -0.3 is 4.74 Å². The number of nitrogens with one attached hydrogen (secondary N) is 2. The Morgan fingerprint density at radius 3 is 2.17 bits per heavy atom. The summed E-state index contributed by atoms with van der Waals surface area (Å²) in [5.74, 6) is 0.573. The van der Waals surface area contributed by atoms with Crippen molar-refractivity contribution in [3.8, 4) is 11.5 Å². The van der Waals surface area contributed by atoms with Crippen LogP contribution in [0.5, 0.6) is 11.5 Å². The molecular weight excluding hydrogens is 328 g/mol. The van der Waals surface area contributed by atoms with Crippen LogP contribution in [-0.4, -0.2) is 21.4 Å². The van der Waals surface area contributed by atoms with Crippen molar-refractivity contribution in [3.05, 3.63) is 54.6 Å². The molecule has 0 aromatic heterocycles. The van der Waals surface area contributed by atoms with Crippen LogP contribution in [0.15, 0.2) is 59.5 Å². The summed E-state index contributed by atoms with van der Waals surface area (Å²) in [5.41, 5.74) is 1.58. The van der Waals surface area contributed by atoms with Crippen LogP contribution < -0.4 is 14.9 Å². The van der Waals surface area contributed by atoms with Gasteiger partial charge in [-0.25, -0.2) is 14.4 Å². The highest BCUT2D eigenvalue weighted by Gasteiger charge is 2.24. The first-order valence-electron chi connectivity index (χ1n) is 7.46. The predicted molar refractivity (Wildman–Crippen MR) is 91.1 cm³/mol. The number of hydroxylamine groups is 1. The van der Waals surface area contributed by atoms with E-state index in [1.165, 1.54) is 0 Å². The van der Waals surface area contributed by atoms with E-state index in [9.17, 15) is 9.00 Å². The summed E-state index contributed by atoms with van der Waals surface area (Å²) in [5, 5.41) is 8.76. The highest BCUT2D eigenvalue weighted by Crippen LogP contribution is 2.22. The summed E-state index contributed by atoms with van der Waals surface area (Å²) < 4.78 is 20.7. The number of rotatable bonds is 7. The quantitative estimate of drug-likeness (QED) is 0.530. The van der Waals surface area contributed by atoms with Gasteiger partial charge in [-0.2, -0.15) is 0 Å². The van der Waals surface area contributed by atoms with Gasteiger partial charge in [0.25, 0.3) is 5.91 Å². The number of carbonyl (C=O) groups is 1. The molecule has 6 nitrogen and oxygen atoms in total. The van der Waals surface area contributed by atoms with Gasteiger partial charge in [0.05, 0.1) is 4.90 Å². The van der Waals surface area contributed by atoms with Crippen LogP contribution in [0.25, 0.3) is 0 Å². The first-order chi connectivity index (χ1) is 11.5. The SMILES string of the molecule is CC(C)C(NS(=O)c1ccc(Oc2ccccc2)cc1)C(=O)NO. The smallest absolute Gasteiger partial charge is 0.261 e.